The van der Waals surface area contributed by atoms with Gasteiger partial charge in [0.25, 0.3) is 0 Å². The summed E-state index contributed by atoms with van der Waals surface area (Å²) in [6.07, 6.45) is 4.10. The van der Waals surface area contributed by atoms with Crippen molar-refractivity contribution in [3.8, 4) is 0 Å². The molecule has 23 heavy (non-hydrogen) atoms. The molecule has 1 amide bonds. The Balaban J connectivity index is 1.67. The lowest BCUT2D eigenvalue weighted by Crippen LogP contribution is -2.43. The molecule has 2 heterocycles. The van der Waals surface area contributed by atoms with Crippen LogP contribution in [0.2, 0.25) is 5.02 Å². The molecule has 0 N–H and O–H groups in total. The van der Waals surface area contributed by atoms with E-state index in [9.17, 15) is 4.79 Å². The van der Waals surface area contributed by atoms with E-state index >= 15 is 0 Å². The molecule has 1 atom stereocenters. The topological polar surface area (TPSA) is 29.5 Å². The minimum Gasteiger partial charge on any atom is -0.381 e. The number of ether oxygens (including phenoxy) is 1. The molecule has 2 aliphatic heterocycles. The summed E-state index contributed by atoms with van der Waals surface area (Å²) in [4.78, 5) is 15.1. The maximum absolute atomic E-state index is 13.0. The first-order valence-corrected chi connectivity index (χ1v) is 8.90. The van der Waals surface area contributed by atoms with E-state index in [1.54, 1.807) is 0 Å². The van der Waals surface area contributed by atoms with Gasteiger partial charge in [-0.25, -0.2) is 0 Å². The Morgan fingerprint density at radius 1 is 1.39 bits per heavy atom. The Labute approximate surface area is 144 Å². The summed E-state index contributed by atoms with van der Waals surface area (Å²) in [5.41, 5.74) is 0.914. The van der Waals surface area contributed by atoms with E-state index in [1.165, 1.54) is 6.42 Å². The van der Waals surface area contributed by atoms with Gasteiger partial charge in [-0.05, 0) is 43.4 Å². The van der Waals surface area contributed by atoms with Crippen molar-refractivity contribution in [1.29, 1.82) is 0 Å². The number of rotatable bonds is 3. The third kappa shape index (κ3) is 3.72. The van der Waals surface area contributed by atoms with Crippen LogP contribution in [0.3, 0.4) is 0 Å². The zero-order valence-corrected chi connectivity index (χ0v) is 14.9. The molecule has 2 fully saturated rings. The van der Waals surface area contributed by atoms with Crippen LogP contribution in [0, 0.1) is 10.8 Å². The van der Waals surface area contributed by atoms with E-state index in [2.05, 4.69) is 4.90 Å². The number of hydrogen-bond donors (Lipinski definition) is 0. The van der Waals surface area contributed by atoms with E-state index in [1.807, 2.05) is 38.1 Å². The molecule has 1 aromatic rings. The molecule has 2 saturated heterocycles. The third-order valence-corrected chi connectivity index (χ3v) is 5.48. The number of halogens is 1. The minimum atomic E-state index is -0.411. The fourth-order valence-corrected chi connectivity index (χ4v) is 4.21. The van der Waals surface area contributed by atoms with Gasteiger partial charge in [0.2, 0.25) is 5.91 Å². The summed E-state index contributed by atoms with van der Waals surface area (Å²) in [7, 11) is 0. The van der Waals surface area contributed by atoms with Crippen LogP contribution in [0.5, 0.6) is 0 Å². The van der Waals surface area contributed by atoms with Crippen molar-refractivity contribution in [3.63, 3.8) is 0 Å². The van der Waals surface area contributed by atoms with Gasteiger partial charge < -0.3 is 9.64 Å². The van der Waals surface area contributed by atoms with Crippen molar-refractivity contribution in [2.75, 3.05) is 26.3 Å². The predicted octanol–water partition coefficient (Wildman–Crippen LogP) is 3.94. The van der Waals surface area contributed by atoms with Gasteiger partial charge in [-0.2, -0.15) is 0 Å². The molecule has 4 heteroatoms. The Bertz CT molecular complexity index is 578. The van der Waals surface area contributed by atoms with Crippen molar-refractivity contribution in [3.05, 3.63) is 34.9 Å². The van der Waals surface area contributed by atoms with Crippen LogP contribution >= 0.6 is 11.6 Å². The first-order valence-electron chi connectivity index (χ1n) is 8.52. The zero-order valence-electron chi connectivity index (χ0n) is 14.1. The van der Waals surface area contributed by atoms with Gasteiger partial charge in [0.1, 0.15) is 0 Å². The SMILES string of the molecule is CC(C)(Cc1cccc(Cl)c1)C(=O)N1CCC2(CCCOC2)C1. The molecular weight excluding hydrogens is 310 g/mol. The van der Waals surface area contributed by atoms with Gasteiger partial charge in [-0.1, -0.05) is 37.6 Å². The third-order valence-electron chi connectivity index (χ3n) is 5.24. The highest BCUT2D eigenvalue weighted by Crippen LogP contribution is 2.39. The van der Waals surface area contributed by atoms with E-state index in [-0.39, 0.29) is 11.3 Å². The monoisotopic (exact) mass is 335 g/mol. The highest BCUT2D eigenvalue weighted by molar-refractivity contribution is 6.30. The lowest BCUT2D eigenvalue weighted by atomic mass is 9.81. The number of likely N-dealkylation sites (tertiary alicyclic amines) is 1. The molecule has 1 unspecified atom stereocenters. The number of amides is 1. The molecule has 2 aliphatic rings. The summed E-state index contributed by atoms with van der Waals surface area (Å²) in [5, 5.41) is 0.727. The smallest absolute Gasteiger partial charge is 0.228 e. The minimum absolute atomic E-state index is 0.208. The lowest BCUT2D eigenvalue weighted by Gasteiger charge is -2.34. The Morgan fingerprint density at radius 3 is 2.91 bits per heavy atom. The molecule has 3 nitrogen and oxygen atoms in total. The highest BCUT2D eigenvalue weighted by atomic mass is 35.5. The van der Waals surface area contributed by atoms with E-state index < -0.39 is 5.41 Å². The maximum atomic E-state index is 13.0. The second-order valence-corrected chi connectivity index (χ2v) is 8.26. The molecule has 1 spiro atoms. The van der Waals surface area contributed by atoms with Crippen LogP contribution in [0.4, 0.5) is 0 Å². The summed E-state index contributed by atoms with van der Waals surface area (Å²) < 4.78 is 5.68. The molecule has 0 saturated carbocycles. The van der Waals surface area contributed by atoms with Gasteiger partial charge in [0, 0.05) is 35.5 Å². The van der Waals surface area contributed by atoms with Crippen molar-refractivity contribution in [2.24, 2.45) is 10.8 Å². The van der Waals surface area contributed by atoms with Crippen LogP contribution in [0.15, 0.2) is 24.3 Å². The molecule has 3 rings (SSSR count). The molecule has 126 valence electrons. The first-order chi connectivity index (χ1) is 10.9. The molecule has 0 bridgehead atoms. The number of carbonyl (C=O) groups excluding carboxylic acids is 1. The van der Waals surface area contributed by atoms with E-state index in [4.69, 9.17) is 16.3 Å². The van der Waals surface area contributed by atoms with Crippen molar-refractivity contribution in [1.82, 2.24) is 4.90 Å². The maximum Gasteiger partial charge on any atom is 0.228 e. The fraction of sp³-hybridized carbons (Fsp3) is 0.632. The standard InChI is InChI=1S/C19H26ClNO2/c1-18(2,12-15-5-3-6-16(20)11-15)17(22)21-9-8-19(13-21)7-4-10-23-14-19/h3,5-6,11H,4,7-10,12-14H2,1-2H3. The average Bonchev–Trinajstić information content (AvgIpc) is 2.90. The van der Waals surface area contributed by atoms with Crippen LogP contribution in [-0.4, -0.2) is 37.1 Å². The predicted molar refractivity (Wildman–Crippen MR) is 92.6 cm³/mol. The van der Waals surface area contributed by atoms with Crippen molar-refractivity contribution >= 4 is 17.5 Å². The first kappa shape index (κ1) is 16.8. The quantitative estimate of drug-likeness (QED) is 0.837. The molecule has 0 aliphatic carbocycles. The fourth-order valence-electron chi connectivity index (χ4n) is 4.00. The Hall–Kier alpha value is -1.06. The summed E-state index contributed by atoms with van der Waals surface area (Å²) in [5.74, 6) is 0.250. The van der Waals surface area contributed by atoms with Crippen LogP contribution in [0.1, 0.15) is 38.7 Å². The van der Waals surface area contributed by atoms with Crippen molar-refractivity contribution in [2.45, 2.75) is 39.5 Å². The van der Waals surface area contributed by atoms with Gasteiger partial charge in [-0.3, -0.25) is 4.79 Å². The van der Waals surface area contributed by atoms with Gasteiger partial charge in [0.15, 0.2) is 0 Å². The average molecular weight is 336 g/mol. The Kier molecular flexibility index (Phi) is 4.70. The number of hydrogen-bond acceptors (Lipinski definition) is 2. The number of benzene rings is 1. The van der Waals surface area contributed by atoms with Gasteiger partial charge >= 0.3 is 0 Å². The molecule has 1 aromatic carbocycles. The lowest BCUT2D eigenvalue weighted by molar-refractivity contribution is -0.140. The Morgan fingerprint density at radius 2 is 2.22 bits per heavy atom. The number of carbonyl (C=O) groups is 1. The summed E-state index contributed by atoms with van der Waals surface area (Å²) in [6.45, 7) is 7.48. The summed E-state index contributed by atoms with van der Waals surface area (Å²) >= 11 is 6.07. The van der Waals surface area contributed by atoms with E-state index in [0.717, 1.165) is 49.7 Å². The highest BCUT2D eigenvalue weighted by Gasteiger charge is 2.44. The summed E-state index contributed by atoms with van der Waals surface area (Å²) in [6, 6.07) is 7.81. The zero-order chi connectivity index (χ0) is 16.5. The van der Waals surface area contributed by atoms with Crippen LogP contribution < -0.4 is 0 Å². The van der Waals surface area contributed by atoms with E-state index in [0.29, 0.717) is 6.42 Å². The second-order valence-electron chi connectivity index (χ2n) is 7.82. The second kappa shape index (κ2) is 6.45. The van der Waals surface area contributed by atoms with Gasteiger partial charge in [0.05, 0.1) is 6.61 Å². The normalized spacial score (nSPS) is 25.1. The molecule has 0 aromatic heterocycles. The molecular formula is C19H26ClNO2. The number of nitrogens with zero attached hydrogens (tertiary/aromatic N) is 1. The van der Waals surface area contributed by atoms with Crippen molar-refractivity contribution < 1.29 is 9.53 Å². The van der Waals surface area contributed by atoms with Gasteiger partial charge in [-0.15, -0.1) is 0 Å². The van der Waals surface area contributed by atoms with Crippen LogP contribution in [-0.2, 0) is 16.0 Å². The molecule has 0 radical (unpaired) electrons. The van der Waals surface area contributed by atoms with Crippen LogP contribution in [0.25, 0.3) is 0 Å². The largest absolute Gasteiger partial charge is 0.381 e.